The van der Waals surface area contributed by atoms with Crippen LogP contribution in [0.3, 0.4) is 0 Å². The molecule has 0 aliphatic carbocycles. The van der Waals surface area contributed by atoms with Gasteiger partial charge in [-0.25, -0.2) is 4.79 Å². The Labute approximate surface area is 134 Å². The summed E-state index contributed by atoms with van der Waals surface area (Å²) in [7, 11) is 2.93. The average Bonchev–Trinajstić information content (AvgIpc) is 3.18. The van der Waals surface area contributed by atoms with E-state index in [1.54, 1.807) is 19.2 Å². The highest BCUT2D eigenvalue weighted by Gasteiger charge is 2.40. The molecule has 0 spiro atoms. The summed E-state index contributed by atoms with van der Waals surface area (Å²) < 4.78 is 20.8. The zero-order chi connectivity index (χ0) is 16.2. The summed E-state index contributed by atoms with van der Waals surface area (Å²) in [4.78, 5) is 17.4. The molecule has 2 aliphatic rings. The smallest absolute Gasteiger partial charge is 0.341 e. The largest absolute Gasteiger partial charge is 0.490 e. The van der Waals surface area contributed by atoms with Crippen LogP contribution in [0.5, 0.6) is 5.75 Å². The summed E-state index contributed by atoms with van der Waals surface area (Å²) in [6.07, 6.45) is -0.0378. The van der Waals surface area contributed by atoms with Gasteiger partial charge in [-0.3, -0.25) is 0 Å². The number of rotatable bonds is 6. The number of fused-ring (bicyclic) bond motifs is 1. The summed E-state index contributed by atoms with van der Waals surface area (Å²) in [6, 6.07) is 5.32. The van der Waals surface area contributed by atoms with Gasteiger partial charge in [0.05, 0.1) is 38.6 Å². The van der Waals surface area contributed by atoms with E-state index in [1.807, 2.05) is 6.07 Å². The lowest BCUT2D eigenvalue weighted by molar-refractivity contribution is 0.0558. The van der Waals surface area contributed by atoms with E-state index in [0.29, 0.717) is 37.7 Å². The van der Waals surface area contributed by atoms with Crippen molar-refractivity contribution in [2.24, 2.45) is 11.1 Å². The molecule has 0 N–H and O–H groups in total. The van der Waals surface area contributed by atoms with E-state index in [0.717, 1.165) is 11.3 Å². The lowest BCUT2D eigenvalue weighted by Crippen LogP contribution is -2.22. The molecule has 7 nitrogen and oxygen atoms in total. The molecule has 0 radical (unpaired) electrons. The number of ether oxygens (including phenoxy) is 4. The van der Waals surface area contributed by atoms with E-state index >= 15 is 0 Å². The quantitative estimate of drug-likeness (QED) is 0.580. The molecule has 23 heavy (non-hydrogen) atoms. The Morgan fingerprint density at radius 2 is 2.17 bits per heavy atom. The van der Waals surface area contributed by atoms with Gasteiger partial charge in [0, 0.05) is 12.7 Å². The molecule has 1 aromatic carbocycles. The first-order valence-electron chi connectivity index (χ1n) is 7.40. The Balaban J connectivity index is 1.86. The maximum Gasteiger partial charge on any atom is 0.341 e. The maximum atomic E-state index is 12.0. The number of carbonyl (C=O) groups is 1. The minimum Gasteiger partial charge on any atom is -0.490 e. The molecule has 2 heterocycles. The molecular weight excluding hydrogens is 302 g/mol. The number of nitrogens with zero attached hydrogens (tertiary/aromatic N) is 1. The summed E-state index contributed by atoms with van der Waals surface area (Å²) in [6.45, 7) is 1.90. The zero-order valence-electron chi connectivity index (χ0n) is 13.1. The fourth-order valence-electron chi connectivity index (χ4n) is 2.67. The number of methoxy groups -OCH3 is 2. The normalized spacial score (nSPS) is 22.3. The Morgan fingerprint density at radius 1 is 1.30 bits per heavy atom. The predicted molar refractivity (Wildman–Crippen MR) is 80.9 cm³/mol. The van der Waals surface area contributed by atoms with Gasteiger partial charge in [0.1, 0.15) is 17.9 Å². The lowest BCUT2D eigenvalue weighted by Gasteiger charge is -2.13. The third-order valence-electron chi connectivity index (χ3n) is 3.89. The van der Waals surface area contributed by atoms with Crippen molar-refractivity contribution in [2.45, 2.75) is 6.10 Å². The minimum absolute atomic E-state index is 0.0378. The zero-order valence-corrected chi connectivity index (χ0v) is 13.1. The highest BCUT2D eigenvalue weighted by molar-refractivity contribution is 6.05. The molecule has 124 valence electrons. The summed E-state index contributed by atoms with van der Waals surface area (Å²) in [5.74, 6) is 0.0927. The number of esters is 1. The van der Waals surface area contributed by atoms with Crippen LogP contribution in [0, 0.1) is 5.92 Å². The minimum atomic E-state index is -0.460. The fourth-order valence-corrected chi connectivity index (χ4v) is 2.67. The van der Waals surface area contributed by atoms with Crippen LogP contribution in [-0.2, 0) is 19.0 Å². The van der Waals surface area contributed by atoms with Gasteiger partial charge in [0.25, 0.3) is 0 Å². The first-order chi connectivity index (χ1) is 11.2. The van der Waals surface area contributed by atoms with Gasteiger partial charge in [0.15, 0.2) is 6.10 Å². The molecular formula is C16H19NO6. The molecule has 0 aromatic heterocycles. The molecule has 1 saturated heterocycles. The van der Waals surface area contributed by atoms with Gasteiger partial charge in [0.2, 0.25) is 0 Å². The van der Waals surface area contributed by atoms with Crippen molar-refractivity contribution in [1.82, 2.24) is 0 Å². The van der Waals surface area contributed by atoms with Gasteiger partial charge in [-0.2, -0.15) is 0 Å². The Bertz CT molecular complexity index is 615. The molecule has 2 aliphatic heterocycles. The molecule has 3 rings (SSSR count). The Morgan fingerprint density at radius 3 is 2.96 bits per heavy atom. The van der Waals surface area contributed by atoms with Crippen LogP contribution in [0.2, 0.25) is 0 Å². The SMILES string of the molecule is COCCOc1ccc(C2=NOC3COCC23)cc1C(=O)OC. The van der Waals surface area contributed by atoms with Crippen LogP contribution in [0.1, 0.15) is 15.9 Å². The monoisotopic (exact) mass is 321 g/mol. The first-order valence-corrected chi connectivity index (χ1v) is 7.40. The third-order valence-corrected chi connectivity index (χ3v) is 3.89. The summed E-state index contributed by atoms with van der Waals surface area (Å²) >= 11 is 0. The lowest BCUT2D eigenvalue weighted by atomic mass is 9.94. The van der Waals surface area contributed by atoms with Gasteiger partial charge < -0.3 is 23.8 Å². The summed E-state index contributed by atoms with van der Waals surface area (Å²) in [5.41, 5.74) is 1.95. The molecule has 2 unspecified atom stereocenters. The molecule has 0 bridgehead atoms. The second-order valence-corrected chi connectivity index (χ2v) is 5.31. The van der Waals surface area contributed by atoms with Crippen LogP contribution in [0.4, 0.5) is 0 Å². The number of oxime groups is 1. The van der Waals surface area contributed by atoms with Gasteiger partial charge in [-0.15, -0.1) is 0 Å². The number of hydrogen-bond acceptors (Lipinski definition) is 7. The van der Waals surface area contributed by atoms with Crippen LogP contribution in [-0.4, -0.2) is 58.4 Å². The second kappa shape index (κ2) is 6.97. The maximum absolute atomic E-state index is 12.0. The number of benzene rings is 1. The number of carbonyl (C=O) groups excluding carboxylic acids is 1. The van der Waals surface area contributed by atoms with Gasteiger partial charge >= 0.3 is 5.97 Å². The second-order valence-electron chi connectivity index (χ2n) is 5.31. The Kier molecular flexibility index (Phi) is 4.78. The molecule has 2 atom stereocenters. The van der Waals surface area contributed by atoms with E-state index in [9.17, 15) is 4.79 Å². The van der Waals surface area contributed by atoms with Crippen molar-refractivity contribution >= 4 is 11.7 Å². The van der Waals surface area contributed by atoms with Crippen molar-refractivity contribution in [2.75, 3.05) is 40.6 Å². The van der Waals surface area contributed by atoms with Crippen molar-refractivity contribution < 1.29 is 28.6 Å². The van der Waals surface area contributed by atoms with Crippen molar-refractivity contribution in [1.29, 1.82) is 0 Å². The van der Waals surface area contributed by atoms with Crippen molar-refractivity contribution in [3.05, 3.63) is 29.3 Å². The highest BCUT2D eigenvalue weighted by atomic mass is 16.7. The predicted octanol–water partition coefficient (Wildman–Crippen LogP) is 1.25. The topological polar surface area (TPSA) is 75.6 Å². The van der Waals surface area contributed by atoms with Crippen LogP contribution in [0.15, 0.2) is 23.4 Å². The van der Waals surface area contributed by atoms with E-state index in [1.165, 1.54) is 7.11 Å². The first kappa shape index (κ1) is 15.8. The standard InChI is InChI=1S/C16H19NO6/c1-19-5-6-22-13-4-3-10(7-11(13)16(18)20-2)15-12-8-21-9-14(12)23-17-15/h3-4,7,12,14H,5-6,8-9H2,1-2H3. The average molecular weight is 321 g/mol. The van der Waals surface area contributed by atoms with E-state index in [-0.39, 0.29) is 12.0 Å². The molecule has 1 fully saturated rings. The molecule has 0 saturated carbocycles. The van der Waals surface area contributed by atoms with Crippen molar-refractivity contribution in [3.8, 4) is 5.75 Å². The van der Waals surface area contributed by atoms with Gasteiger partial charge in [-0.1, -0.05) is 5.16 Å². The molecule has 0 amide bonds. The third kappa shape index (κ3) is 3.16. The van der Waals surface area contributed by atoms with Crippen LogP contribution >= 0.6 is 0 Å². The van der Waals surface area contributed by atoms with E-state index < -0.39 is 5.97 Å². The van der Waals surface area contributed by atoms with Crippen LogP contribution < -0.4 is 4.74 Å². The van der Waals surface area contributed by atoms with E-state index in [2.05, 4.69) is 5.16 Å². The molecule has 1 aromatic rings. The Hall–Kier alpha value is -2.12. The molecule has 7 heteroatoms. The van der Waals surface area contributed by atoms with Crippen LogP contribution in [0.25, 0.3) is 0 Å². The highest BCUT2D eigenvalue weighted by Crippen LogP contribution is 2.30. The fraction of sp³-hybridized carbons (Fsp3) is 0.500. The van der Waals surface area contributed by atoms with Crippen molar-refractivity contribution in [3.63, 3.8) is 0 Å². The van der Waals surface area contributed by atoms with Gasteiger partial charge in [-0.05, 0) is 18.2 Å². The summed E-state index contributed by atoms with van der Waals surface area (Å²) in [5, 5.41) is 4.15. The number of hydrogen-bond donors (Lipinski definition) is 0. The van der Waals surface area contributed by atoms with E-state index in [4.69, 9.17) is 23.8 Å².